The zero-order valence-electron chi connectivity index (χ0n) is 19.0. The maximum atomic E-state index is 13.6. The lowest BCUT2D eigenvalue weighted by Gasteiger charge is -2.12. The Morgan fingerprint density at radius 1 is 1.00 bits per heavy atom. The first-order valence-corrected chi connectivity index (χ1v) is 10.9. The van der Waals surface area contributed by atoms with E-state index in [4.69, 9.17) is 9.47 Å². The van der Waals surface area contributed by atoms with Gasteiger partial charge in [-0.25, -0.2) is 4.39 Å². The lowest BCUT2D eigenvalue weighted by atomic mass is 10.0. The number of carbonyl (C=O) groups is 1. The first-order chi connectivity index (χ1) is 17.1. The van der Waals surface area contributed by atoms with E-state index in [1.165, 1.54) is 19.2 Å². The molecule has 0 unspecified atom stereocenters. The van der Waals surface area contributed by atoms with Crippen molar-refractivity contribution in [3.05, 3.63) is 113 Å². The van der Waals surface area contributed by atoms with Gasteiger partial charge in [0.25, 0.3) is 5.91 Å². The van der Waals surface area contributed by atoms with Crippen LogP contribution in [-0.2, 0) is 13.2 Å². The second-order valence-electron chi connectivity index (χ2n) is 7.64. The quantitative estimate of drug-likeness (QED) is 0.381. The van der Waals surface area contributed by atoms with Gasteiger partial charge in [-0.2, -0.15) is 5.26 Å². The number of methoxy groups -OCH3 is 1. The lowest BCUT2D eigenvalue weighted by Crippen LogP contribution is -2.23. The van der Waals surface area contributed by atoms with E-state index in [2.05, 4.69) is 16.4 Å². The summed E-state index contributed by atoms with van der Waals surface area (Å²) in [6.45, 7) is 0.575. The molecule has 0 bridgehead atoms. The zero-order valence-corrected chi connectivity index (χ0v) is 19.0. The smallest absolute Gasteiger partial charge is 0.255 e. The van der Waals surface area contributed by atoms with Gasteiger partial charge in [0, 0.05) is 18.3 Å². The van der Waals surface area contributed by atoms with Gasteiger partial charge in [-0.3, -0.25) is 9.78 Å². The molecule has 1 aromatic heterocycles. The molecule has 1 amide bonds. The van der Waals surface area contributed by atoms with Gasteiger partial charge < -0.3 is 14.8 Å². The van der Waals surface area contributed by atoms with Gasteiger partial charge in [0.15, 0.2) is 0 Å². The number of nitriles is 1. The number of halogens is 1. The van der Waals surface area contributed by atoms with Crippen molar-refractivity contribution in [1.29, 1.82) is 5.26 Å². The number of aromatic nitrogens is 1. The molecular weight excluding hydrogens is 445 g/mol. The van der Waals surface area contributed by atoms with Crippen LogP contribution in [0, 0.1) is 17.1 Å². The Kier molecular flexibility index (Phi) is 7.34. The minimum Gasteiger partial charge on any atom is -0.496 e. The summed E-state index contributed by atoms with van der Waals surface area (Å²) >= 11 is 0. The topological polar surface area (TPSA) is 84.2 Å². The molecule has 1 heterocycles. The Morgan fingerprint density at radius 3 is 2.49 bits per heavy atom. The third-order valence-electron chi connectivity index (χ3n) is 5.35. The first-order valence-electron chi connectivity index (χ1n) is 10.9. The zero-order chi connectivity index (χ0) is 24.6. The van der Waals surface area contributed by atoms with Crippen LogP contribution >= 0.6 is 0 Å². The van der Waals surface area contributed by atoms with Crippen LogP contribution in [0.25, 0.3) is 11.3 Å². The summed E-state index contributed by atoms with van der Waals surface area (Å²) in [6, 6.07) is 24.7. The highest BCUT2D eigenvalue weighted by molar-refractivity contribution is 5.96. The number of carbonyl (C=O) groups excluding carboxylic acids is 1. The number of benzene rings is 3. The first kappa shape index (κ1) is 23.5. The van der Waals surface area contributed by atoms with Gasteiger partial charge in [-0.05, 0) is 35.4 Å². The standard InChI is InChI=1S/C28H22FN3O3/c1-34-25-12-11-22(29)15-23(25)28(33)32-17-19-7-9-21(10-8-19)27-24(16-30)26(13-14-31-27)35-18-20-5-3-2-4-6-20/h2-15H,17-18H2,1H3,(H,32,33). The molecule has 0 spiro atoms. The van der Waals surface area contributed by atoms with Gasteiger partial charge in [0.1, 0.15) is 35.6 Å². The molecule has 0 aliphatic heterocycles. The Bertz CT molecular complexity index is 1370. The van der Waals surface area contributed by atoms with Crippen LogP contribution in [0.1, 0.15) is 27.0 Å². The lowest BCUT2D eigenvalue weighted by molar-refractivity contribution is 0.0947. The molecule has 7 heteroatoms. The number of ether oxygens (including phenoxy) is 2. The molecular formula is C28H22FN3O3. The van der Waals surface area contributed by atoms with Crippen molar-refractivity contribution in [2.45, 2.75) is 13.2 Å². The van der Waals surface area contributed by atoms with Gasteiger partial charge in [-0.1, -0.05) is 54.6 Å². The number of nitrogens with zero attached hydrogens (tertiary/aromatic N) is 2. The van der Waals surface area contributed by atoms with Crippen LogP contribution in [-0.4, -0.2) is 18.0 Å². The van der Waals surface area contributed by atoms with Gasteiger partial charge in [-0.15, -0.1) is 0 Å². The predicted octanol–water partition coefficient (Wildman–Crippen LogP) is 5.28. The maximum Gasteiger partial charge on any atom is 0.255 e. The third-order valence-corrected chi connectivity index (χ3v) is 5.35. The van der Waals surface area contributed by atoms with Crippen LogP contribution in [0.3, 0.4) is 0 Å². The van der Waals surface area contributed by atoms with Crippen LogP contribution in [0.5, 0.6) is 11.5 Å². The summed E-state index contributed by atoms with van der Waals surface area (Å²) in [6.07, 6.45) is 1.61. The molecule has 0 saturated carbocycles. The van der Waals surface area contributed by atoms with Crippen molar-refractivity contribution >= 4 is 5.91 Å². The maximum absolute atomic E-state index is 13.6. The van der Waals surface area contributed by atoms with E-state index in [-0.39, 0.29) is 12.1 Å². The molecule has 0 atom stereocenters. The second kappa shape index (κ2) is 10.9. The third kappa shape index (κ3) is 5.63. The number of pyridine rings is 1. The predicted molar refractivity (Wildman–Crippen MR) is 129 cm³/mol. The summed E-state index contributed by atoms with van der Waals surface area (Å²) < 4.78 is 24.6. The van der Waals surface area contributed by atoms with E-state index < -0.39 is 11.7 Å². The molecule has 0 fully saturated rings. The van der Waals surface area contributed by atoms with E-state index in [1.807, 2.05) is 54.6 Å². The fourth-order valence-corrected chi connectivity index (χ4v) is 3.54. The minimum absolute atomic E-state index is 0.124. The van der Waals surface area contributed by atoms with E-state index in [0.717, 1.165) is 22.8 Å². The molecule has 6 nitrogen and oxygen atoms in total. The fraction of sp³-hybridized carbons (Fsp3) is 0.107. The highest BCUT2D eigenvalue weighted by atomic mass is 19.1. The monoisotopic (exact) mass is 467 g/mol. The SMILES string of the molecule is COc1ccc(F)cc1C(=O)NCc1ccc(-c2nccc(OCc3ccccc3)c2C#N)cc1. The Hall–Kier alpha value is -4.70. The summed E-state index contributed by atoms with van der Waals surface area (Å²) in [5, 5.41) is 12.5. The van der Waals surface area contributed by atoms with Gasteiger partial charge in [0.2, 0.25) is 0 Å². The van der Waals surface area contributed by atoms with Crippen molar-refractivity contribution < 1.29 is 18.7 Å². The molecule has 0 aliphatic carbocycles. The van der Waals surface area contributed by atoms with Crippen molar-refractivity contribution in [1.82, 2.24) is 10.3 Å². The van der Waals surface area contributed by atoms with Gasteiger partial charge in [0.05, 0.1) is 18.4 Å². The summed E-state index contributed by atoms with van der Waals surface area (Å²) in [4.78, 5) is 16.9. The summed E-state index contributed by atoms with van der Waals surface area (Å²) in [5.41, 5.74) is 3.55. The number of hydrogen-bond donors (Lipinski definition) is 1. The van der Waals surface area contributed by atoms with Crippen LogP contribution in [0.2, 0.25) is 0 Å². The van der Waals surface area contributed by atoms with Crippen LogP contribution < -0.4 is 14.8 Å². The van der Waals surface area contributed by atoms with E-state index in [9.17, 15) is 14.4 Å². The Balaban J connectivity index is 1.46. The van der Waals surface area contributed by atoms with Crippen molar-refractivity contribution in [3.8, 4) is 28.8 Å². The Labute approximate surface area is 202 Å². The number of rotatable bonds is 8. The highest BCUT2D eigenvalue weighted by Crippen LogP contribution is 2.29. The normalized spacial score (nSPS) is 10.3. The van der Waals surface area contributed by atoms with Crippen molar-refractivity contribution in [2.24, 2.45) is 0 Å². The molecule has 1 N–H and O–H groups in total. The largest absolute Gasteiger partial charge is 0.496 e. The molecule has 0 radical (unpaired) electrons. The fourth-order valence-electron chi connectivity index (χ4n) is 3.54. The average Bonchev–Trinajstić information content (AvgIpc) is 2.91. The van der Waals surface area contributed by atoms with E-state index >= 15 is 0 Å². The second-order valence-corrected chi connectivity index (χ2v) is 7.64. The number of amides is 1. The van der Waals surface area contributed by atoms with Gasteiger partial charge >= 0.3 is 0 Å². The molecule has 0 saturated heterocycles. The molecule has 35 heavy (non-hydrogen) atoms. The molecule has 3 aromatic carbocycles. The van der Waals surface area contributed by atoms with Crippen molar-refractivity contribution in [2.75, 3.05) is 7.11 Å². The Morgan fingerprint density at radius 2 is 1.77 bits per heavy atom. The number of nitrogens with one attached hydrogen (secondary N) is 1. The average molecular weight is 468 g/mol. The molecule has 174 valence electrons. The molecule has 0 aliphatic rings. The summed E-state index contributed by atoms with van der Waals surface area (Å²) in [5.74, 6) is -0.205. The van der Waals surface area contributed by atoms with Crippen molar-refractivity contribution in [3.63, 3.8) is 0 Å². The summed E-state index contributed by atoms with van der Waals surface area (Å²) in [7, 11) is 1.42. The highest BCUT2D eigenvalue weighted by Gasteiger charge is 2.15. The minimum atomic E-state index is -0.518. The van der Waals surface area contributed by atoms with E-state index in [0.29, 0.717) is 29.4 Å². The molecule has 4 rings (SSSR count). The number of hydrogen-bond acceptors (Lipinski definition) is 5. The van der Waals surface area contributed by atoms with Crippen LogP contribution in [0.4, 0.5) is 4.39 Å². The van der Waals surface area contributed by atoms with E-state index in [1.54, 1.807) is 12.3 Å². The van der Waals surface area contributed by atoms with Crippen LogP contribution in [0.15, 0.2) is 85.1 Å². The molecule has 4 aromatic rings.